The second kappa shape index (κ2) is 5.11. The predicted octanol–water partition coefficient (Wildman–Crippen LogP) is 1.93. The number of nitrogens with zero attached hydrogens (tertiary/aromatic N) is 5. The number of hydrogen-bond donors (Lipinski definition) is 0. The Morgan fingerprint density at radius 3 is 2.69 bits per heavy atom. The van der Waals surface area contributed by atoms with Crippen LogP contribution in [-0.4, -0.2) is 23.0 Å². The Morgan fingerprint density at radius 1 is 1.56 bits per heavy atom. The van der Waals surface area contributed by atoms with Gasteiger partial charge in [-0.15, -0.1) is 10.2 Å². The first kappa shape index (κ1) is 12.0. The number of rotatable bonds is 4. The number of carbonyl (C=O) groups is 1. The zero-order valence-corrected chi connectivity index (χ0v) is 9.51. The zero-order chi connectivity index (χ0) is 12.1. The SMILES string of the molecule is C=CN(N=NC)c1cc(C)c(C(C)=O)nn1. The largest absolute Gasteiger partial charge is 0.293 e. The predicted molar refractivity (Wildman–Crippen MR) is 60.2 cm³/mol. The average molecular weight is 219 g/mol. The highest BCUT2D eigenvalue weighted by Crippen LogP contribution is 2.14. The van der Waals surface area contributed by atoms with Crippen molar-refractivity contribution in [1.82, 2.24) is 10.2 Å². The molecule has 1 aromatic rings. The van der Waals surface area contributed by atoms with Gasteiger partial charge in [-0.3, -0.25) is 4.79 Å². The molecule has 0 aliphatic heterocycles. The topological polar surface area (TPSA) is 70.8 Å². The van der Waals surface area contributed by atoms with E-state index in [1.54, 1.807) is 20.0 Å². The summed E-state index contributed by atoms with van der Waals surface area (Å²) in [5.41, 5.74) is 1.11. The smallest absolute Gasteiger partial charge is 0.180 e. The molecule has 84 valence electrons. The van der Waals surface area contributed by atoms with Gasteiger partial charge in [0.15, 0.2) is 11.6 Å². The van der Waals surface area contributed by atoms with E-state index in [0.29, 0.717) is 11.5 Å². The number of aromatic nitrogens is 2. The first-order chi connectivity index (χ1) is 7.60. The van der Waals surface area contributed by atoms with E-state index < -0.39 is 0 Å². The molecular formula is C10H13N5O. The Labute approximate surface area is 93.7 Å². The molecule has 0 radical (unpaired) electrons. The first-order valence-corrected chi connectivity index (χ1v) is 4.67. The van der Waals surface area contributed by atoms with Gasteiger partial charge in [0, 0.05) is 13.1 Å². The van der Waals surface area contributed by atoms with Crippen molar-refractivity contribution in [3.8, 4) is 0 Å². The van der Waals surface area contributed by atoms with E-state index in [4.69, 9.17) is 0 Å². The lowest BCUT2D eigenvalue weighted by Crippen LogP contribution is -2.11. The summed E-state index contributed by atoms with van der Waals surface area (Å²) in [6, 6.07) is 1.71. The molecule has 0 aliphatic carbocycles. The van der Waals surface area contributed by atoms with E-state index in [2.05, 4.69) is 27.1 Å². The van der Waals surface area contributed by atoms with Gasteiger partial charge in [0.05, 0.1) is 7.05 Å². The molecule has 0 N–H and O–H groups in total. The van der Waals surface area contributed by atoms with E-state index in [1.807, 2.05) is 0 Å². The van der Waals surface area contributed by atoms with Crippen LogP contribution in [0.1, 0.15) is 23.0 Å². The van der Waals surface area contributed by atoms with Gasteiger partial charge < -0.3 is 0 Å². The third-order valence-corrected chi connectivity index (χ3v) is 1.90. The maximum atomic E-state index is 11.2. The standard InChI is InChI=1S/C10H13N5O/c1-5-15(14-11-4)9-6-7(2)10(8(3)16)13-12-9/h5-6H,1H2,2-4H3. The molecule has 0 bridgehead atoms. The summed E-state index contributed by atoms with van der Waals surface area (Å²) < 4.78 is 0. The third kappa shape index (κ3) is 2.47. The fourth-order valence-electron chi connectivity index (χ4n) is 1.20. The van der Waals surface area contributed by atoms with E-state index in [0.717, 1.165) is 5.56 Å². The van der Waals surface area contributed by atoms with Crippen LogP contribution >= 0.6 is 0 Å². The fraction of sp³-hybridized carbons (Fsp3) is 0.300. The molecule has 1 heterocycles. The van der Waals surface area contributed by atoms with Crippen molar-refractivity contribution < 1.29 is 4.79 Å². The van der Waals surface area contributed by atoms with Crippen molar-refractivity contribution in [2.75, 3.05) is 12.1 Å². The van der Waals surface area contributed by atoms with E-state index in [-0.39, 0.29) is 5.78 Å². The minimum absolute atomic E-state index is 0.112. The summed E-state index contributed by atoms with van der Waals surface area (Å²) in [5.74, 6) is 0.363. The minimum Gasteiger partial charge on any atom is -0.293 e. The Morgan fingerprint density at radius 2 is 2.25 bits per heavy atom. The van der Waals surface area contributed by atoms with Crippen molar-refractivity contribution in [2.24, 2.45) is 10.3 Å². The lowest BCUT2D eigenvalue weighted by molar-refractivity contribution is 0.101. The fourth-order valence-corrected chi connectivity index (χ4v) is 1.20. The molecule has 16 heavy (non-hydrogen) atoms. The highest BCUT2D eigenvalue weighted by atomic mass is 16.1. The van der Waals surface area contributed by atoms with Crippen molar-refractivity contribution in [2.45, 2.75) is 13.8 Å². The van der Waals surface area contributed by atoms with Crippen molar-refractivity contribution >= 4 is 11.6 Å². The van der Waals surface area contributed by atoms with E-state index in [1.165, 1.54) is 18.1 Å². The van der Waals surface area contributed by atoms with E-state index in [9.17, 15) is 4.79 Å². The molecule has 6 heteroatoms. The van der Waals surface area contributed by atoms with Crippen LogP contribution in [0.5, 0.6) is 0 Å². The molecule has 1 rings (SSSR count). The summed E-state index contributed by atoms with van der Waals surface area (Å²) in [4.78, 5) is 11.2. The summed E-state index contributed by atoms with van der Waals surface area (Å²) in [5, 5.41) is 16.5. The molecule has 0 saturated heterocycles. The number of hydrogen-bond acceptors (Lipinski definition) is 5. The van der Waals surface area contributed by atoms with E-state index >= 15 is 0 Å². The van der Waals surface area contributed by atoms with Crippen LogP contribution in [0.25, 0.3) is 0 Å². The van der Waals surface area contributed by atoms with Crippen LogP contribution in [0.4, 0.5) is 5.82 Å². The summed E-state index contributed by atoms with van der Waals surface area (Å²) >= 11 is 0. The molecule has 1 aromatic heterocycles. The number of aryl methyl sites for hydroxylation is 1. The molecule has 0 atom stereocenters. The molecule has 0 fully saturated rings. The summed E-state index contributed by atoms with van der Waals surface area (Å²) in [6.45, 7) is 6.82. The first-order valence-electron chi connectivity index (χ1n) is 4.67. The number of ketones is 1. The molecule has 6 nitrogen and oxygen atoms in total. The van der Waals surface area contributed by atoms with Gasteiger partial charge >= 0.3 is 0 Å². The number of Topliss-reactive ketones (excluding diaryl/α,β-unsaturated/α-hetero) is 1. The molecule has 0 spiro atoms. The molecule has 0 amide bonds. The normalized spacial score (nSPS) is 10.4. The van der Waals surface area contributed by atoms with Crippen molar-refractivity contribution in [3.63, 3.8) is 0 Å². The Bertz CT molecular complexity index is 441. The number of carbonyl (C=O) groups excluding carboxylic acids is 1. The Balaban J connectivity index is 3.13. The van der Waals surface area contributed by atoms with Crippen molar-refractivity contribution in [1.29, 1.82) is 0 Å². The third-order valence-electron chi connectivity index (χ3n) is 1.90. The molecule has 0 unspecified atom stereocenters. The second-order valence-electron chi connectivity index (χ2n) is 3.11. The second-order valence-corrected chi connectivity index (χ2v) is 3.11. The molecule has 0 saturated carbocycles. The molecule has 0 aliphatic rings. The van der Waals surface area contributed by atoms with Gasteiger partial charge in [0.2, 0.25) is 0 Å². The van der Waals surface area contributed by atoms with Crippen LogP contribution in [0, 0.1) is 6.92 Å². The van der Waals surface area contributed by atoms with Crippen LogP contribution in [-0.2, 0) is 0 Å². The lowest BCUT2D eigenvalue weighted by Gasteiger charge is -2.11. The van der Waals surface area contributed by atoms with Gasteiger partial charge in [-0.2, -0.15) is 5.11 Å². The van der Waals surface area contributed by atoms with Crippen LogP contribution in [0.2, 0.25) is 0 Å². The lowest BCUT2D eigenvalue weighted by atomic mass is 10.2. The summed E-state index contributed by atoms with van der Waals surface area (Å²) in [7, 11) is 1.54. The molecule has 0 aromatic carbocycles. The monoisotopic (exact) mass is 219 g/mol. The minimum atomic E-state index is -0.112. The van der Waals surface area contributed by atoms with Gasteiger partial charge in [0.25, 0.3) is 0 Å². The Hall–Kier alpha value is -2.11. The van der Waals surface area contributed by atoms with Gasteiger partial charge in [0.1, 0.15) is 5.69 Å². The number of anilines is 1. The average Bonchev–Trinajstić information content (AvgIpc) is 2.25. The summed E-state index contributed by atoms with van der Waals surface area (Å²) in [6.07, 6.45) is 1.46. The quantitative estimate of drug-likeness (QED) is 0.440. The highest BCUT2D eigenvalue weighted by Gasteiger charge is 2.10. The highest BCUT2D eigenvalue weighted by molar-refractivity contribution is 5.93. The van der Waals surface area contributed by atoms with Crippen LogP contribution in [0.3, 0.4) is 0 Å². The Kier molecular flexibility index (Phi) is 3.82. The maximum absolute atomic E-state index is 11.2. The van der Waals surface area contributed by atoms with Crippen LogP contribution < -0.4 is 5.01 Å². The zero-order valence-electron chi connectivity index (χ0n) is 9.51. The van der Waals surface area contributed by atoms with Crippen LogP contribution in [0.15, 0.2) is 29.2 Å². The molecular weight excluding hydrogens is 206 g/mol. The maximum Gasteiger partial charge on any atom is 0.180 e. The van der Waals surface area contributed by atoms with Crippen molar-refractivity contribution in [3.05, 3.63) is 30.1 Å². The van der Waals surface area contributed by atoms with Gasteiger partial charge in [-0.25, -0.2) is 5.01 Å². The van der Waals surface area contributed by atoms with Gasteiger partial charge in [-0.1, -0.05) is 11.8 Å². The van der Waals surface area contributed by atoms with Gasteiger partial charge in [-0.05, 0) is 18.6 Å².